The van der Waals surface area contributed by atoms with Gasteiger partial charge >= 0.3 is 5.97 Å². The van der Waals surface area contributed by atoms with Crippen molar-refractivity contribution in [2.75, 3.05) is 25.1 Å². The van der Waals surface area contributed by atoms with Crippen LogP contribution < -0.4 is 4.90 Å². The number of rotatable bonds is 5. The second-order valence-electron chi connectivity index (χ2n) is 4.20. The number of ether oxygens (including phenoxy) is 1. The lowest BCUT2D eigenvalue weighted by Crippen LogP contribution is -2.21. The summed E-state index contributed by atoms with van der Waals surface area (Å²) < 4.78 is 4.87. The maximum Gasteiger partial charge on any atom is 0.350 e. The number of nitrogens with zero attached hydrogens (tertiary/aromatic N) is 2. The number of aromatic nitrogens is 1. The number of carbonyl (C=O) groups is 1. The quantitative estimate of drug-likeness (QED) is 0.791. The van der Waals surface area contributed by atoms with Crippen LogP contribution in [-0.4, -0.2) is 31.2 Å². The molecule has 0 unspecified atom stereocenters. The summed E-state index contributed by atoms with van der Waals surface area (Å²) in [6, 6.07) is 9.72. The van der Waals surface area contributed by atoms with Crippen LogP contribution in [0.4, 0.5) is 5.13 Å². The molecule has 0 aliphatic rings. The van der Waals surface area contributed by atoms with E-state index in [1.165, 1.54) is 18.4 Å². The van der Waals surface area contributed by atoms with Crippen LogP contribution in [0.1, 0.15) is 23.5 Å². The fraction of sp³-hybridized carbons (Fsp3) is 0.333. The van der Waals surface area contributed by atoms with Gasteiger partial charge in [0.25, 0.3) is 0 Å². The van der Waals surface area contributed by atoms with Crippen molar-refractivity contribution in [2.45, 2.75) is 13.8 Å². The summed E-state index contributed by atoms with van der Waals surface area (Å²) in [4.78, 5) is 19.3. The number of thiazole rings is 1. The normalized spacial score (nSPS) is 10.3. The summed E-state index contributed by atoms with van der Waals surface area (Å²) in [6.07, 6.45) is 0. The number of carbonyl (C=O) groups excluding carboxylic acids is 1. The number of methoxy groups -OCH3 is 1. The molecule has 1 aromatic carbocycles. The predicted molar refractivity (Wildman–Crippen MR) is 82.5 cm³/mol. The van der Waals surface area contributed by atoms with Gasteiger partial charge in [0, 0.05) is 18.7 Å². The Morgan fingerprint density at radius 3 is 2.45 bits per heavy atom. The Morgan fingerprint density at radius 2 is 1.90 bits per heavy atom. The third kappa shape index (κ3) is 2.82. The van der Waals surface area contributed by atoms with E-state index < -0.39 is 0 Å². The first-order valence-electron chi connectivity index (χ1n) is 6.60. The maximum atomic E-state index is 11.9. The summed E-state index contributed by atoms with van der Waals surface area (Å²) in [5.41, 5.74) is 1.63. The van der Waals surface area contributed by atoms with Crippen molar-refractivity contribution in [2.24, 2.45) is 0 Å². The van der Waals surface area contributed by atoms with Crippen LogP contribution >= 0.6 is 11.3 Å². The number of hydrogen-bond donors (Lipinski definition) is 0. The summed E-state index contributed by atoms with van der Waals surface area (Å²) in [6.45, 7) is 5.87. The zero-order valence-electron chi connectivity index (χ0n) is 11.9. The van der Waals surface area contributed by atoms with E-state index in [9.17, 15) is 4.79 Å². The van der Waals surface area contributed by atoms with Crippen LogP contribution in [-0.2, 0) is 4.74 Å². The van der Waals surface area contributed by atoms with E-state index in [2.05, 4.69) is 23.7 Å². The van der Waals surface area contributed by atoms with Crippen LogP contribution in [0, 0.1) is 0 Å². The minimum atomic E-state index is -0.334. The summed E-state index contributed by atoms with van der Waals surface area (Å²) in [5.74, 6) is -0.334. The molecule has 4 nitrogen and oxygen atoms in total. The van der Waals surface area contributed by atoms with Gasteiger partial charge in [0.1, 0.15) is 4.88 Å². The zero-order valence-corrected chi connectivity index (χ0v) is 12.7. The highest BCUT2D eigenvalue weighted by Gasteiger charge is 2.21. The largest absolute Gasteiger partial charge is 0.465 e. The summed E-state index contributed by atoms with van der Waals surface area (Å²) in [7, 11) is 1.40. The molecule has 2 aromatic rings. The van der Waals surface area contributed by atoms with Crippen LogP contribution in [0.5, 0.6) is 0 Å². The van der Waals surface area contributed by atoms with Crippen molar-refractivity contribution >= 4 is 22.4 Å². The summed E-state index contributed by atoms with van der Waals surface area (Å²) in [5, 5.41) is 0.856. The first-order valence-corrected chi connectivity index (χ1v) is 7.42. The van der Waals surface area contributed by atoms with Crippen LogP contribution in [0.25, 0.3) is 11.3 Å². The molecule has 0 atom stereocenters. The number of anilines is 1. The maximum absolute atomic E-state index is 11.9. The van der Waals surface area contributed by atoms with Gasteiger partial charge in [-0.15, -0.1) is 0 Å². The molecule has 5 heteroatoms. The molecule has 0 saturated carbocycles. The van der Waals surface area contributed by atoms with E-state index >= 15 is 0 Å². The lowest BCUT2D eigenvalue weighted by molar-refractivity contribution is 0.0607. The van der Waals surface area contributed by atoms with Gasteiger partial charge in [-0.25, -0.2) is 9.78 Å². The first-order chi connectivity index (χ1) is 9.71. The molecule has 0 saturated heterocycles. The Balaban J connectivity index is 2.51. The Hall–Kier alpha value is -1.88. The Bertz CT molecular complexity index is 577. The molecule has 20 heavy (non-hydrogen) atoms. The van der Waals surface area contributed by atoms with Gasteiger partial charge < -0.3 is 9.64 Å². The van der Waals surface area contributed by atoms with Gasteiger partial charge in [0.05, 0.1) is 12.8 Å². The van der Waals surface area contributed by atoms with Gasteiger partial charge in [-0.1, -0.05) is 41.7 Å². The molecule has 106 valence electrons. The van der Waals surface area contributed by atoms with E-state index in [-0.39, 0.29) is 5.97 Å². The average Bonchev–Trinajstić information content (AvgIpc) is 2.94. The Labute approximate surface area is 123 Å². The zero-order chi connectivity index (χ0) is 14.5. The molecular formula is C15H18N2O2S. The van der Waals surface area contributed by atoms with Crippen molar-refractivity contribution in [1.29, 1.82) is 0 Å². The second-order valence-corrected chi connectivity index (χ2v) is 5.18. The molecule has 0 fully saturated rings. The molecule has 0 amide bonds. The lowest BCUT2D eigenvalue weighted by Gasteiger charge is -2.16. The standard InChI is InChI=1S/C15H18N2O2S/c1-4-17(5-2)15-16-12(11-9-7-6-8-10-11)13(20-15)14(18)19-3/h6-10H,4-5H2,1-3H3. The molecule has 1 heterocycles. The van der Waals surface area contributed by atoms with Crippen molar-refractivity contribution in [3.63, 3.8) is 0 Å². The van der Waals surface area contributed by atoms with E-state index in [1.54, 1.807) is 0 Å². The van der Waals surface area contributed by atoms with Gasteiger partial charge in [0.15, 0.2) is 5.13 Å². The van der Waals surface area contributed by atoms with Crippen LogP contribution in [0.3, 0.4) is 0 Å². The van der Waals surface area contributed by atoms with Crippen molar-refractivity contribution in [3.05, 3.63) is 35.2 Å². The smallest absolute Gasteiger partial charge is 0.350 e. The monoisotopic (exact) mass is 290 g/mol. The Morgan fingerprint density at radius 1 is 1.25 bits per heavy atom. The van der Waals surface area contributed by atoms with Crippen LogP contribution in [0.15, 0.2) is 30.3 Å². The average molecular weight is 290 g/mol. The molecule has 0 spiro atoms. The molecular weight excluding hydrogens is 272 g/mol. The molecule has 0 aliphatic heterocycles. The van der Waals surface area contributed by atoms with Crippen molar-refractivity contribution in [1.82, 2.24) is 4.98 Å². The van der Waals surface area contributed by atoms with E-state index in [0.29, 0.717) is 10.6 Å². The van der Waals surface area contributed by atoms with Crippen molar-refractivity contribution in [3.8, 4) is 11.3 Å². The van der Waals surface area contributed by atoms with Crippen molar-refractivity contribution < 1.29 is 9.53 Å². The second kappa shape index (κ2) is 6.52. The summed E-state index contributed by atoms with van der Waals surface area (Å²) >= 11 is 1.38. The molecule has 1 aromatic heterocycles. The molecule has 0 N–H and O–H groups in total. The number of esters is 1. The minimum absolute atomic E-state index is 0.334. The van der Waals surface area contributed by atoms with E-state index in [1.807, 2.05) is 30.3 Å². The topological polar surface area (TPSA) is 42.4 Å². The first kappa shape index (κ1) is 14.5. The lowest BCUT2D eigenvalue weighted by atomic mass is 10.1. The third-order valence-corrected chi connectivity index (χ3v) is 4.16. The van der Waals surface area contributed by atoms with Crippen LogP contribution in [0.2, 0.25) is 0 Å². The SMILES string of the molecule is CCN(CC)c1nc(-c2ccccc2)c(C(=O)OC)s1. The number of hydrogen-bond acceptors (Lipinski definition) is 5. The van der Waals surface area contributed by atoms with E-state index in [0.717, 1.165) is 23.8 Å². The molecule has 0 aliphatic carbocycles. The van der Waals surface area contributed by atoms with Gasteiger partial charge in [0.2, 0.25) is 0 Å². The predicted octanol–water partition coefficient (Wildman–Crippen LogP) is 3.44. The van der Waals surface area contributed by atoms with Gasteiger partial charge in [-0.3, -0.25) is 0 Å². The van der Waals surface area contributed by atoms with Gasteiger partial charge in [-0.05, 0) is 13.8 Å². The highest BCUT2D eigenvalue weighted by molar-refractivity contribution is 7.17. The van der Waals surface area contributed by atoms with E-state index in [4.69, 9.17) is 4.74 Å². The molecule has 0 bridgehead atoms. The molecule has 0 radical (unpaired) electrons. The fourth-order valence-electron chi connectivity index (χ4n) is 1.96. The third-order valence-electron chi connectivity index (χ3n) is 3.07. The highest BCUT2D eigenvalue weighted by Crippen LogP contribution is 2.33. The highest BCUT2D eigenvalue weighted by atomic mass is 32.1. The number of benzene rings is 1. The molecule has 2 rings (SSSR count). The fourth-order valence-corrected chi connectivity index (χ4v) is 3.09. The minimum Gasteiger partial charge on any atom is -0.465 e. The Kier molecular flexibility index (Phi) is 4.74. The van der Waals surface area contributed by atoms with Gasteiger partial charge in [-0.2, -0.15) is 0 Å².